The van der Waals surface area contributed by atoms with Crippen LogP contribution in [0.2, 0.25) is 0 Å². The molecule has 0 radical (unpaired) electrons. The molecule has 0 aliphatic carbocycles. The number of nitrogens with zero attached hydrogens (tertiary/aromatic N) is 2. The first-order chi connectivity index (χ1) is 14.9. The molecule has 3 aromatic rings. The van der Waals surface area contributed by atoms with Gasteiger partial charge in [-0.25, -0.2) is 13.3 Å². The molecule has 2 aliphatic rings. The van der Waals surface area contributed by atoms with Gasteiger partial charge in [0.15, 0.2) is 0 Å². The van der Waals surface area contributed by atoms with E-state index in [1.54, 1.807) is 54.6 Å². The summed E-state index contributed by atoms with van der Waals surface area (Å²) in [6.45, 7) is 1.87. The molecule has 2 unspecified atom stereocenters. The van der Waals surface area contributed by atoms with E-state index in [-0.39, 0.29) is 10.8 Å². The summed E-state index contributed by atoms with van der Waals surface area (Å²) in [4.78, 5) is 28.0. The molecule has 2 atom stereocenters. The molecule has 0 spiro atoms. The number of imide groups is 1. The Morgan fingerprint density at radius 3 is 2.16 bits per heavy atom. The highest BCUT2D eigenvalue weighted by atomic mass is 32.2. The van der Waals surface area contributed by atoms with Crippen LogP contribution in [0.1, 0.15) is 11.1 Å². The highest BCUT2D eigenvalue weighted by Gasteiger charge is 2.56. The van der Waals surface area contributed by atoms with Crippen LogP contribution >= 0.6 is 0 Å². The summed E-state index contributed by atoms with van der Waals surface area (Å²) >= 11 is 0. The number of rotatable bonds is 3. The lowest BCUT2D eigenvalue weighted by Gasteiger charge is -2.36. The summed E-state index contributed by atoms with van der Waals surface area (Å²) in [5.41, 5.74) is 2.55. The first-order valence-corrected chi connectivity index (χ1v) is 11.5. The maximum Gasteiger partial charge on any atom is 0.265 e. The minimum absolute atomic E-state index is 0.0898. The average molecular weight is 433 g/mol. The molecule has 2 aliphatic heterocycles. The second-order valence-electron chi connectivity index (χ2n) is 7.85. The molecule has 0 bridgehead atoms. The van der Waals surface area contributed by atoms with Gasteiger partial charge in [-0.2, -0.15) is 0 Å². The number of sulfonamides is 1. The Morgan fingerprint density at radius 2 is 1.45 bits per heavy atom. The van der Waals surface area contributed by atoms with Crippen molar-refractivity contribution >= 4 is 33.2 Å². The van der Waals surface area contributed by atoms with Gasteiger partial charge < -0.3 is 0 Å². The third-order valence-electron chi connectivity index (χ3n) is 5.91. The van der Waals surface area contributed by atoms with Crippen LogP contribution < -0.4 is 9.21 Å². The van der Waals surface area contributed by atoms with E-state index in [4.69, 9.17) is 0 Å². The lowest BCUT2D eigenvalue weighted by Crippen LogP contribution is -2.51. The number of aryl methyl sites for hydroxylation is 1. The third-order valence-corrected chi connectivity index (χ3v) is 7.72. The molecule has 6 nitrogen and oxygen atoms in total. The standard InChI is InChI=1S/C24H20N2O4S/c1-16-11-13-19(14-12-16)31(29,30)26-21-10-6-5-7-17(21)15-20-22(26)24(28)25(23(20)27)18-8-3-2-4-9-18/h2-14,20,22H,15H2,1H3. The number of amides is 2. The summed E-state index contributed by atoms with van der Waals surface area (Å²) < 4.78 is 28.6. The molecule has 7 heteroatoms. The van der Waals surface area contributed by atoms with Crippen molar-refractivity contribution in [2.45, 2.75) is 24.3 Å². The minimum atomic E-state index is -4.07. The Kier molecular flexibility index (Phi) is 4.44. The quantitative estimate of drug-likeness (QED) is 0.595. The SMILES string of the molecule is Cc1ccc(S(=O)(=O)N2c3ccccc3CC3C(=O)N(c4ccccc4)C(=O)C32)cc1. The number of hydrogen-bond acceptors (Lipinski definition) is 4. The van der Waals surface area contributed by atoms with E-state index in [0.29, 0.717) is 17.8 Å². The van der Waals surface area contributed by atoms with E-state index >= 15 is 0 Å². The molecule has 0 N–H and O–H groups in total. The lowest BCUT2D eigenvalue weighted by molar-refractivity contribution is -0.122. The van der Waals surface area contributed by atoms with Gasteiger partial charge >= 0.3 is 0 Å². The van der Waals surface area contributed by atoms with Crippen molar-refractivity contribution in [2.75, 3.05) is 9.21 Å². The van der Waals surface area contributed by atoms with Crippen LogP contribution in [0.25, 0.3) is 0 Å². The second-order valence-corrected chi connectivity index (χ2v) is 9.66. The van der Waals surface area contributed by atoms with E-state index in [9.17, 15) is 18.0 Å². The van der Waals surface area contributed by atoms with Crippen LogP contribution in [0.3, 0.4) is 0 Å². The largest absolute Gasteiger partial charge is 0.274 e. The van der Waals surface area contributed by atoms with Gasteiger partial charge in [-0.15, -0.1) is 0 Å². The Bertz CT molecular complexity index is 1290. The van der Waals surface area contributed by atoms with Crippen LogP contribution in [0.5, 0.6) is 0 Å². The summed E-state index contributed by atoms with van der Waals surface area (Å²) in [7, 11) is -4.07. The van der Waals surface area contributed by atoms with Gasteiger partial charge in [0, 0.05) is 0 Å². The molecule has 0 aromatic heterocycles. The fourth-order valence-corrected chi connectivity index (χ4v) is 6.08. The number of anilines is 2. The molecule has 156 valence electrons. The zero-order valence-electron chi connectivity index (χ0n) is 16.8. The van der Waals surface area contributed by atoms with E-state index in [2.05, 4.69) is 0 Å². The van der Waals surface area contributed by atoms with Gasteiger partial charge in [-0.1, -0.05) is 54.1 Å². The van der Waals surface area contributed by atoms with Gasteiger partial charge in [-0.3, -0.25) is 13.9 Å². The Labute approximate surface area is 180 Å². The van der Waals surface area contributed by atoms with Crippen LogP contribution in [0.15, 0.2) is 83.8 Å². The molecular weight excluding hydrogens is 412 g/mol. The van der Waals surface area contributed by atoms with Gasteiger partial charge in [0.25, 0.3) is 15.9 Å². The first kappa shape index (κ1) is 19.5. The summed E-state index contributed by atoms with van der Waals surface area (Å²) in [5.74, 6) is -1.67. The normalized spacial score (nSPS) is 20.5. The fraction of sp³-hybridized carbons (Fsp3) is 0.167. The number of fused-ring (bicyclic) bond motifs is 2. The van der Waals surface area contributed by atoms with E-state index in [1.807, 2.05) is 19.1 Å². The van der Waals surface area contributed by atoms with Crippen LogP contribution in [-0.4, -0.2) is 26.3 Å². The highest BCUT2D eigenvalue weighted by molar-refractivity contribution is 7.93. The topological polar surface area (TPSA) is 74.8 Å². The fourth-order valence-electron chi connectivity index (χ4n) is 4.40. The van der Waals surface area contributed by atoms with Crippen molar-refractivity contribution in [1.29, 1.82) is 0 Å². The number of benzene rings is 3. The Hall–Kier alpha value is -3.45. The van der Waals surface area contributed by atoms with Gasteiger partial charge in [0.05, 0.1) is 22.2 Å². The predicted octanol–water partition coefficient (Wildman–Crippen LogP) is 3.30. The van der Waals surface area contributed by atoms with Crippen LogP contribution in [0.4, 0.5) is 11.4 Å². The van der Waals surface area contributed by atoms with Gasteiger partial charge in [0.1, 0.15) is 6.04 Å². The lowest BCUT2D eigenvalue weighted by atomic mass is 9.89. The first-order valence-electron chi connectivity index (χ1n) is 10.0. The zero-order chi connectivity index (χ0) is 21.8. The summed E-state index contributed by atoms with van der Waals surface area (Å²) in [6.07, 6.45) is 0.314. The Balaban J connectivity index is 1.68. The number of para-hydroxylation sites is 2. The molecule has 2 heterocycles. The second kappa shape index (κ2) is 7.06. The average Bonchev–Trinajstić information content (AvgIpc) is 3.02. The highest BCUT2D eigenvalue weighted by Crippen LogP contribution is 2.43. The summed E-state index contributed by atoms with van der Waals surface area (Å²) in [6, 6.07) is 21.1. The molecule has 2 amide bonds. The zero-order valence-corrected chi connectivity index (χ0v) is 17.6. The van der Waals surface area contributed by atoms with Crippen molar-refractivity contribution in [3.05, 3.63) is 90.0 Å². The van der Waals surface area contributed by atoms with Crippen LogP contribution in [-0.2, 0) is 26.0 Å². The minimum Gasteiger partial charge on any atom is -0.274 e. The summed E-state index contributed by atoms with van der Waals surface area (Å²) in [5, 5.41) is 0. The molecule has 1 saturated heterocycles. The van der Waals surface area contributed by atoms with Crippen molar-refractivity contribution in [3.8, 4) is 0 Å². The molecular formula is C24H20N2O4S. The predicted molar refractivity (Wildman–Crippen MR) is 117 cm³/mol. The third kappa shape index (κ3) is 2.96. The van der Waals surface area contributed by atoms with Gasteiger partial charge in [0.2, 0.25) is 5.91 Å². The van der Waals surface area contributed by atoms with Crippen molar-refractivity contribution in [3.63, 3.8) is 0 Å². The molecule has 5 rings (SSSR count). The maximum atomic E-state index is 13.7. The Morgan fingerprint density at radius 1 is 0.806 bits per heavy atom. The van der Waals surface area contributed by atoms with Gasteiger partial charge in [-0.05, 0) is 49.2 Å². The van der Waals surface area contributed by atoms with Crippen molar-refractivity contribution in [2.24, 2.45) is 5.92 Å². The molecule has 31 heavy (non-hydrogen) atoms. The van der Waals surface area contributed by atoms with E-state index in [1.165, 1.54) is 12.1 Å². The molecule has 1 fully saturated rings. The molecule has 0 saturated carbocycles. The number of hydrogen-bond donors (Lipinski definition) is 0. The molecule has 3 aromatic carbocycles. The smallest absolute Gasteiger partial charge is 0.265 e. The van der Waals surface area contributed by atoms with Crippen LogP contribution in [0, 0.1) is 12.8 Å². The van der Waals surface area contributed by atoms with E-state index in [0.717, 1.165) is 20.3 Å². The van der Waals surface area contributed by atoms with Crippen molar-refractivity contribution < 1.29 is 18.0 Å². The number of carbonyl (C=O) groups is 2. The van der Waals surface area contributed by atoms with Crippen molar-refractivity contribution in [1.82, 2.24) is 0 Å². The monoisotopic (exact) mass is 432 g/mol. The number of carbonyl (C=O) groups excluding carboxylic acids is 2. The van der Waals surface area contributed by atoms with E-state index < -0.39 is 27.9 Å². The maximum absolute atomic E-state index is 13.7.